The van der Waals surface area contributed by atoms with Crippen molar-refractivity contribution in [2.75, 3.05) is 5.73 Å². The summed E-state index contributed by atoms with van der Waals surface area (Å²) in [6, 6.07) is 11.4. The molecule has 0 aromatic heterocycles. The highest BCUT2D eigenvalue weighted by Gasteiger charge is 2.30. The second-order valence-electron chi connectivity index (χ2n) is 4.30. The van der Waals surface area contributed by atoms with E-state index in [1.807, 2.05) is 6.07 Å². The molecule has 1 aliphatic carbocycles. The summed E-state index contributed by atoms with van der Waals surface area (Å²) < 4.78 is 0. The van der Waals surface area contributed by atoms with Crippen molar-refractivity contribution >= 4 is 17.3 Å². The minimum atomic E-state index is -0.248. The number of nitrogens with zero attached hydrogens (tertiary/aromatic N) is 1. The molecule has 1 aliphatic rings. The van der Waals surface area contributed by atoms with Gasteiger partial charge in [-0.3, -0.25) is 9.59 Å². The summed E-state index contributed by atoms with van der Waals surface area (Å²) in [4.78, 5) is 24.6. The Morgan fingerprint density at radius 3 is 1.95 bits per heavy atom. The lowest BCUT2D eigenvalue weighted by Gasteiger charge is -2.17. The topological polar surface area (TPSA) is 83.9 Å². The van der Waals surface area contributed by atoms with Gasteiger partial charge in [-0.1, -0.05) is 24.3 Å². The lowest BCUT2D eigenvalue weighted by molar-refractivity contribution is 0.0979. The number of anilines is 1. The molecular formula is C15H8N2O2. The van der Waals surface area contributed by atoms with E-state index in [0.29, 0.717) is 11.1 Å². The van der Waals surface area contributed by atoms with Crippen LogP contribution in [-0.4, -0.2) is 11.6 Å². The first-order chi connectivity index (χ1) is 9.13. The highest BCUT2D eigenvalue weighted by Crippen LogP contribution is 2.29. The zero-order valence-corrected chi connectivity index (χ0v) is 9.81. The second-order valence-corrected chi connectivity index (χ2v) is 4.30. The van der Waals surface area contributed by atoms with Gasteiger partial charge in [-0.25, -0.2) is 0 Å². The standard InChI is InChI=1S/C15H8N2O2/c16-7-8-5-11-12(6-13(8)17)15(19)10-4-2-1-3-9(10)14(11)18/h1-6H,17H2. The maximum atomic E-state index is 12.3. The Hall–Kier alpha value is -2.93. The molecule has 0 amide bonds. The molecule has 2 N–H and O–H groups in total. The SMILES string of the molecule is N#Cc1cc2c(cc1N)C(=O)c1ccccc1C2=O. The summed E-state index contributed by atoms with van der Waals surface area (Å²) in [5.74, 6) is -0.483. The van der Waals surface area contributed by atoms with Crippen LogP contribution in [0, 0.1) is 11.3 Å². The van der Waals surface area contributed by atoms with E-state index in [-0.39, 0.29) is 33.9 Å². The zero-order chi connectivity index (χ0) is 13.6. The maximum absolute atomic E-state index is 12.3. The molecule has 0 heterocycles. The van der Waals surface area contributed by atoms with Crippen LogP contribution >= 0.6 is 0 Å². The Balaban J connectivity index is 2.34. The molecular weight excluding hydrogens is 240 g/mol. The van der Waals surface area contributed by atoms with Gasteiger partial charge in [-0.05, 0) is 12.1 Å². The van der Waals surface area contributed by atoms with Crippen molar-refractivity contribution in [1.29, 1.82) is 5.26 Å². The molecule has 0 spiro atoms. The van der Waals surface area contributed by atoms with Gasteiger partial charge in [0, 0.05) is 22.3 Å². The number of fused-ring (bicyclic) bond motifs is 2. The average Bonchev–Trinajstić information content (AvgIpc) is 2.44. The lowest BCUT2D eigenvalue weighted by Crippen LogP contribution is -2.21. The Bertz CT molecular complexity index is 785. The third kappa shape index (κ3) is 1.45. The first-order valence-corrected chi connectivity index (χ1v) is 5.65. The first kappa shape index (κ1) is 11.2. The molecule has 0 aliphatic heterocycles. The molecule has 3 rings (SSSR count). The Kier molecular flexibility index (Phi) is 2.23. The number of nitriles is 1. The Morgan fingerprint density at radius 1 is 0.895 bits per heavy atom. The van der Waals surface area contributed by atoms with E-state index >= 15 is 0 Å². The van der Waals surface area contributed by atoms with Crippen LogP contribution in [-0.2, 0) is 0 Å². The van der Waals surface area contributed by atoms with Crippen molar-refractivity contribution in [3.63, 3.8) is 0 Å². The van der Waals surface area contributed by atoms with Gasteiger partial charge in [0.05, 0.1) is 11.3 Å². The number of rotatable bonds is 0. The summed E-state index contributed by atoms with van der Waals surface area (Å²) in [5, 5.41) is 8.94. The molecule has 0 fully saturated rings. The van der Waals surface area contributed by atoms with Crippen LogP contribution in [0.5, 0.6) is 0 Å². The number of nitrogen functional groups attached to an aromatic ring is 1. The third-order valence-electron chi connectivity index (χ3n) is 3.22. The molecule has 0 unspecified atom stereocenters. The zero-order valence-electron chi connectivity index (χ0n) is 9.81. The maximum Gasteiger partial charge on any atom is 0.194 e. The van der Waals surface area contributed by atoms with Crippen molar-refractivity contribution in [2.24, 2.45) is 0 Å². The number of carbonyl (C=O) groups is 2. The minimum absolute atomic E-state index is 0.208. The largest absolute Gasteiger partial charge is 0.398 e. The minimum Gasteiger partial charge on any atom is -0.398 e. The summed E-state index contributed by atoms with van der Waals surface area (Å²) in [5.41, 5.74) is 7.37. The third-order valence-corrected chi connectivity index (χ3v) is 3.22. The molecule has 0 saturated heterocycles. The van der Waals surface area contributed by atoms with E-state index < -0.39 is 0 Å². The van der Waals surface area contributed by atoms with E-state index in [2.05, 4.69) is 0 Å². The normalized spacial score (nSPS) is 12.6. The van der Waals surface area contributed by atoms with Gasteiger partial charge in [0.25, 0.3) is 0 Å². The van der Waals surface area contributed by atoms with Crippen LogP contribution in [0.3, 0.4) is 0 Å². The highest BCUT2D eigenvalue weighted by molar-refractivity contribution is 6.28. The second kappa shape index (κ2) is 3.79. The van der Waals surface area contributed by atoms with Gasteiger partial charge in [0.15, 0.2) is 11.6 Å². The quantitative estimate of drug-likeness (QED) is 0.616. The number of nitrogens with two attached hydrogens (primary N) is 1. The molecule has 19 heavy (non-hydrogen) atoms. The van der Waals surface area contributed by atoms with Crippen molar-refractivity contribution in [1.82, 2.24) is 0 Å². The predicted octanol–water partition coefficient (Wildman–Crippen LogP) is 1.92. The Morgan fingerprint density at radius 2 is 1.42 bits per heavy atom. The summed E-state index contributed by atoms with van der Waals surface area (Å²) in [6.45, 7) is 0. The molecule has 0 radical (unpaired) electrons. The summed E-state index contributed by atoms with van der Waals surface area (Å²) in [7, 11) is 0. The van der Waals surface area contributed by atoms with E-state index in [0.717, 1.165) is 0 Å². The number of ketones is 2. The van der Waals surface area contributed by atoms with E-state index in [4.69, 9.17) is 11.0 Å². The van der Waals surface area contributed by atoms with Crippen LogP contribution in [0.2, 0.25) is 0 Å². The molecule has 2 aromatic rings. The summed E-state index contributed by atoms with van der Waals surface area (Å²) >= 11 is 0. The molecule has 0 atom stereocenters. The number of carbonyl (C=O) groups excluding carboxylic acids is 2. The fraction of sp³-hybridized carbons (Fsp3) is 0. The number of hydrogen-bond acceptors (Lipinski definition) is 4. The van der Waals surface area contributed by atoms with Crippen molar-refractivity contribution in [3.05, 3.63) is 64.2 Å². The van der Waals surface area contributed by atoms with Crippen molar-refractivity contribution < 1.29 is 9.59 Å². The van der Waals surface area contributed by atoms with Crippen LogP contribution < -0.4 is 5.73 Å². The van der Waals surface area contributed by atoms with Crippen molar-refractivity contribution in [2.45, 2.75) is 0 Å². The molecule has 2 aromatic carbocycles. The van der Waals surface area contributed by atoms with Gasteiger partial charge in [-0.2, -0.15) is 5.26 Å². The van der Waals surface area contributed by atoms with Crippen molar-refractivity contribution in [3.8, 4) is 6.07 Å². The lowest BCUT2D eigenvalue weighted by atomic mass is 9.83. The first-order valence-electron chi connectivity index (χ1n) is 5.65. The average molecular weight is 248 g/mol. The van der Waals surface area contributed by atoms with Crippen LogP contribution in [0.4, 0.5) is 5.69 Å². The van der Waals surface area contributed by atoms with Gasteiger partial charge < -0.3 is 5.73 Å². The van der Waals surface area contributed by atoms with Gasteiger partial charge in [0.1, 0.15) is 6.07 Å². The molecule has 4 nitrogen and oxygen atoms in total. The van der Waals surface area contributed by atoms with E-state index in [1.165, 1.54) is 12.1 Å². The molecule has 90 valence electrons. The van der Waals surface area contributed by atoms with E-state index in [9.17, 15) is 9.59 Å². The fourth-order valence-corrected chi connectivity index (χ4v) is 2.26. The predicted molar refractivity (Wildman–Crippen MR) is 68.9 cm³/mol. The van der Waals surface area contributed by atoms with Crippen LogP contribution in [0.15, 0.2) is 36.4 Å². The Labute approximate surface area is 109 Å². The van der Waals surface area contributed by atoms with Gasteiger partial charge in [-0.15, -0.1) is 0 Å². The molecule has 0 saturated carbocycles. The monoisotopic (exact) mass is 248 g/mol. The highest BCUT2D eigenvalue weighted by atomic mass is 16.1. The fourth-order valence-electron chi connectivity index (χ4n) is 2.26. The summed E-state index contributed by atoms with van der Waals surface area (Å²) in [6.07, 6.45) is 0. The number of benzene rings is 2. The van der Waals surface area contributed by atoms with Gasteiger partial charge >= 0.3 is 0 Å². The van der Waals surface area contributed by atoms with E-state index in [1.54, 1.807) is 24.3 Å². The molecule has 0 bridgehead atoms. The molecule has 4 heteroatoms. The van der Waals surface area contributed by atoms with Crippen LogP contribution in [0.1, 0.15) is 37.4 Å². The number of hydrogen-bond donors (Lipinski definition) is 1. The smallest absolute Gasteiger partial charge is 0.194 e. The van der Waals surface area contributed by atoms with Crippen LogP contribution in [0.25, 0.3) is 0 Å². The van der Waals surface area contributed by atoms with Gasteiger partial charge in [0.2, 0.25) is 0 Å².